The molecule has 2 atom stereocenters. The van der Waals surface area contributed by atoms with E-state index in [0.717, 1.165) is 6.42 Å². The van der Waals surface area contributed by atoms with Crippen molar-refractivity contribution in [1.29, 1.82) is 0 Å². The maximum Gasteiger partial charge on any atom is 0.251 e. The van der Waals surface area contributed by atoms with Crippen molar-refractivity contribution in [1.82, 2.24) is 14.5 Å². The summed E-state index contributed by atoms with van der Waals surface area (Å²) in [5.41, 5.74) is 0.266. The zero-order chi connectivity index (χ0) is 21.9. The molecule has 2 aliphatic rings. The highest BCUT2D eigenvalue weighted by Gasteiger charge is 2.32. The highest BCUT2D eigenvalue weighted by Crippen LogP contribution is 2.27. The average molecular weight is 436 g/mol. The predicted molar refractivity (Wildman–Crippen MR) is 111 cm³/mol. The second kappa shape index (κ2) is 9.26. The van der Waals surface area contributed by atoms with Crippen molar-refractivity contribution >= 4 is 27.7 Å². The number of carbonyl (C=O) groups is 3. The fourth-order valence-corrected chi connectivity index (χ4v) is 5.89. The summed E-state index contributed by atoms with van der Waals surface area (Å²) in [6.07, 6.45) is 1.95. The Bertz CT molecular complexity index is 904. The number of amides is 3. The smallest absolute Gasteiger partial charge is 0.251 e. The molecule has 9 heteroatoms. The van der Waals surface area contributed by atoms with Gasteiger partial charge in [-0.3, -0.25) is 19.3 Å². The van der Waals surface area contributed by atoms with Gasteiger partial charge < -0.3 is 5.32 Å². The Morgan fingerprint density at radius 3 is 2.37 bits per heavy atom. The molecular weight excluding hydrogens is 406 g/mol. The van der Waals surface area contributed by atoms with Crippen LogP contribution in [0, 0.1) is 11.8 Å². The fraction of sp³-hybridized carbons (Fsp3) is 0.571. The molecule has 2 heterocycles. The van der Waals surface area contributed by atoms with Gasteiger partial charge in [0.05, 0.1) is 4.90 Å². The number of nitrogens with zero attached hydrogens (tertiary/aromatic N) is 2. The van der Waals surface area contributed by atoms with E-state index in [9.17, 15) is 22.8 Å². The fourth-order valence-electron chi connectivity index (χ4n) is 4.16. The number of sulfonamides is 1. The van der Waals surface area contributed by atoms with Crippen LogP contribution < -0.4 is 5.32 Å². The van der Waals surface area contributed by atoms with Crippen LogP contribution in [0.25, 0.3) is 0 Å². The third-order valence-corrected chi connectivity index (χ3v) is 7.40. The molecule has 0 aliphatic carbocycles. The summed E-state index contributed by atoms with van der Waals surface area (Å²) < 4.78 is 27.6. The standard InChI is InChI=1S/C21H29N3O5S/c1-15-11-16(2)14-23(13-15)30(28,29)18-6-3-5-17(12-18)21(27)22-9-4-10-24-19(25)7-8-20(24)26/h3,5-6,12,15-16H,4,7-11,13-14H2,1-2H3,(H,22,27). The van der Waals surface area contributed by atoms with Crippen LogP contribution in [-0.2, 0) is 19.6 Å². The quantitative estimate of drug-likeness (QED) is 0.518. The highest BCUT2D eigenvalue weighted by molar-refractivity contribution is 7.89. The Labute approximate surface area is 177 Å². The van der Waals surface area contributed by atoms with Gasteiger partial charge in [0.15, 0.2) is 0 Å². The molecule has 0 spiro atoms. The Kier molecular flexibility index (Phi) is 6.92. The zero-order valence-electron chi connectivity index (χ0n) is 17.5. The van der Waals surface area contributed by atoms with Crippen LogP contribution in [0.1, 0.15) is 49.9 Å². The highest BCUT2D eigenvalue weighted by atomic mass is 32.2. The van der Waals surface area contributed by atoms with Crippen LogP contribution in [0.5, 0.6) is 0 Å². The summed E-state index contributed by atoms with van der Waals surface area (Å²) in [6, 6.07) is 6.06. The zero-order valence-corrected chi connectivity index (χ0v) is 18.3. The number of imide groups is 1. The van der Waals surface area contributed by atoms with Crippen molar-refractivity contribution < 1.29 is 22.8 Å². The van der Waals surface area contributed by atoms with Gasteiger partial charge in [-0.05, 0) is 42.9 Å². The molecule has 1 aromatic carbocycles. The number of hydrogen-bond donors (Lipinski definition) is 1. The third kappa shape index (κ3) is 5.07. The Hall–Kier alpha value is -2.26. The van der Waals surface area contributed by atoms with Crippen LogP contribution in [-0.4, -0.2) is 61.5 Å². The van der Waals surface area contributed by atoms with Crippen molar-refractivity contribution in [3.63, 3.8) is 0 Å². The summed E-state index contributed by atoms with van der Waals surface area (Å²) in [6.45, 7) is 5.62. The molecule has 1 N–H and O–H groups in total. The summed E-state index contributed by atoms with van der Waals surface area (Å²) in [4.78, 5) is 37.0. The van der Waals surface area contributed by atoms with Gasteiger partial charge in [0.25, 0.3) is 5.91 Å². The van der Waals surface area contributed by atoms with Gasteiger partial charge in [0.2, 0.25) is 21.8 Å². The van der Waals surface area contributed by atoms with E-state index in [-0.39, 0.29) is 54.1 Å². The van der Waals surface area contributed by atoms with Crippen molar-refractivity contribution in [3.8, 4) is 0 Å². The van der Waals surface area contributed by atoms with Gasteiger partial charge in [-0.25, -0.2) is 8.42 Å². The molecule has 0 radical (unpaired) electrons. The minimum Gasteiger partial charge on any atom is -0.352 e. The number of benzene rings is 1. The Morgan fingerprint density at radius 1 is 1.10 bits per heavy atom. The summed E-state index contributed by atoms with van der Waals surface area (Å²) >= 11 is 0. The van der Waals surface area contributed by atoms with Crippen molar-refractivity contribution in [2.45, 2.75) is 44.4 Å². The first kappa shape index (κ1) is 22.4. The first-order chi connectivity index (χ1) is 14.2. The van der Waals surface area contributed by atoms with Gasteiger partial charge in [0, 0.05) is 44.6 Å². The lowest BCUT2D eigenvalue weighted by molar-refractivity contribution is -0.138. The molecule has 8 nitrogen and oxygen atoms in total. The monoisotopic (exact) mass is 435 g/mol. The average Bonchev–Trinajstić information content (AvgIpc) is 3.02. The number of rotatable bonds is 7. The summed E-state index contributed by atoms with van der Waals surface area (Å²) in [7, 11) is -3.66. The molecule has 2 unspecified atom stereocenters. The van der Waals surface area contributed by atoms with E-state index < -0.39 is 10.0 Å². The minimum absolute atomic E-state index is 0.115. The Morgan fingerprint density at radius 2 is 1.73 bits per heavy atom. The van der Waals surface area contributed by atoms with E-state index in [1.165, 1.54) is 21.3 Å². The van der Waals surface area contributed by atoms with Gasteiger partial charge in [-0.2, -0.15) is 4.31 Å². The van der Waals surface area contributed by atoms with Crippen LogP contribution in [0.3, 0.4) is 0 Å². The van der Waals surface area contributed by atoms with Crippen molar-refractivity contribution in [3.05, 3.63) is 29.8 Å². The largest absolute Gasteiger partial charge is 0.352 e. The molecule has 3 amide bonds. The summed E-state index contributed by atoms with van der Waals surface area (Å²) in [5, 5.41) is 2.73. The van der Waals surface area contributed by atoms with Crippen LogP contribution in [0.2, 0.25) is 0 Å². The second-order valence-electron chi connectivity index (χ2n) is 8.34. The minimum atomic E-state index is -3.66. The molecule has 0 aromatic heterocycles. The van der Waals surface area contributed by atoms with Crippen LogP contribution in [0.15, 0.2) is 29.2 Å². The molecule has 0 bridgehead atoms. The van der Waals surface area contributed by atoms with Crippen molar-refractivity contribution in [2.24, 2.45) is 11.8 Å². The number of nitrogens with one attached hydrogen (secondary N) is 1. The lowest BCUT2D eigenvalue weighted by Crippen LogP contribution is -2.42. The lowest BCUT2D eigenvalue weighted by Gasteiger charge is -2.34. The van der Waals surface area contributed by atoms with Gasteiger partial charge >= 0.3 is 0 Å². The van der Waals surface area contributed by atoms with Crippen LogP contribution >= 0.6 is 0 Å². The van der Waals surface area contributed by atoms with E-state index in [1.807, 2.05) is 13.8 Å². The van der Waals surface area contributed by atoms with Gasteiger partial charge in [-0.1, -0.05) is 19.9 Å². The lowest BCUT2D eigenvalue weighted by atomic mass is 9.94. The first-order valence-electron chi connectivity index (χ1n) is 10.4. The third-order valence-electron chi connectivity index (χ3n) is 5.57. The topological polar surface area (TPSA) is 104 Å². The number of likely N-dealkylation sites (tertiary alicyclic amines) is 1. The Balaban J connectivity index is 1.59. The van der Waals surface area contributed by atoms with Gasteiger partial charge in [0.1, 0.15) is 0 Å². The van der Waals surface area contributed by atoms with E-state index in [0.29, 0.717) is 31.3 Å². The number of carbonyl (C=O) groups excluding carboxylic acids is 3. The summed E-state index contributed by atoms with van der Waals surface area (Å²) in [5.74, 6) is -0.142. The molecule has 2 fully saturated rings. The second-order valence-corrected chi connectivity index (χ2v) is 10.3. The van der Waals surface area contributed by atoms with E-state index in [1.54, 1.807) is 12.1 Å². The van der Waals surface area contributed by atoms with Gasteiger partial charge in [-0.15, -0.1) is 0 Å². The maximum absolute atomic E-state index is 13.0. The van der Waals surface area contributed by atoms with Crippen LogP contribution in [0.4, 0.5) is 0 Å². The number of piperidine rings is 1. The van der Waals surface area contributed by atoms with E-state index in [2.05, 4.69) is 5.32 Å². The number of hydrogen-bond acceptors (Lipinski definition) is 5. The van der Waals surface area contributed by atoms with E-state index >= 15 is 0 Å². The SMILES string of the molecule is CC1CC(C)CN(S(=O)(=O)c2cccc(C(=O)NCCCN3C(=O)CCC3=O)c2)C1. The van der Waals surface area contributed by atoms with E-state index in [4.69, 9.17) is 0 Å². The molecule has 0 saturated carbocycles. The molecule has 1 aromatic rings. The molecule has 164 valence electrons. The molecular formula is C21H29N3O5S. The normalized spacial score (nSPS) is 23.1. The first-order valence-corrected chi connectivity index (χ1v) is 11.8. The molecule has 2 saturated heterocycles. The predicted octanol–water partition coefficient (Wildman–Crippen LogP) is 1.62. The molecule has 30 heavy (non-hydrogen) atoms. The molecule has 3 rings (SSSR count). The molecule has 2 aliphatic heterocycles. The maximum atomic E-state index is 13.0. The van der Waals surface area contributed by atoms with Crippen molar-refractivity contribution in [2.75, 3.05) is 26.2 Å².